The topological polar surface area (TPSA) is 22.1 Å². The number of ether oxygens (including phenoxy) is 1. The van der Waals surface area contributed by atoms with Crippen LogP contribution in [0, 0.1) is 6.92 Å². The second kappa shape index (κ2) is 6.03. The maximum Gasteiger partial charge on any atom is 0.127 e. The standard InChI is InChI=1S/C17H12ClNOS.BrH/c1-10-19-17-15-7-6-14(8-11(15)9-16(17)21-10)20-13-4-2-12(18)3-5-13;/h2-8H,9H2,1H3;1H. The average molecular weight is 395 g/mol. The van der Waals surface area contributed by atoms with Crippen LogP contribution in [0.2, 0.25) is 5.02 Å². The molecule has 2 nitrogen and oxygen atoms in total. The summed E-state index contributed by atoms with van der Waals surface area (Å²) in [6.07, 6.45) is 0.952. The van der Waals surface area contributed by atoms with E-state index >= 15 is 0 Å². The lowest BCUT2D eigenvalue weighted by Crippen LogP contribution is -1.87. The zero-order chi connectivity index (χ0) is 14.4. The Morgan fingerprint density at radius 3 is 2.59 bits per heavy atom. The molecule has 0 fully saturated rings. The third-order valence-electron chi connectivity index (χ3n) is 3.54. The van der Waals surface area contributed by atoms with Crippen molar-refractivity contribution >= 4 is 39.9 Å². The highest BCUT2D eigenvalue weighted by Gasteiger charge is 2.22. The molecular formula is C17H13BrClNOS. The number of halogens is 2. The first-order valence-corrected chi connectivity index (χ1v) is 7.91. The van der Waals surface area contributed by atoms with Crippen LogP contribution in [0.5, 0.6) is 11.5 Å². The molecule has 0 amide bonds. The minimum atomic E-state index is 0. The summed E-state index contributed by atoms with van der Waals surface area (Å²) in [6.45, 7) is 2.06. The number of hydrogen-bond acceptors (Lipinski definition) is 3. The van der Waals surface area contributed by atoms with Gasteiger partial charge in [-0.1, -0.05) is 11.6 Å². The first-order valence-electron chi connectivity index (χ1n) is 6.72. The Balaban J connectivity index is 0.00000144. The lowest BCUT2D eigenvalue weighted by Gasteiger charge is -2.08. The molecule has 1 heterocycles. The summed E-state index contributed by atoms with van der Waals surface area (Å²) in [5.41, 5.74) is 3.67. The molecule has 0 N–H and O–H groups in total. The Kier molecular flexibility index (Phi) is 4.26. The highest BCUT2D eigenvalue weighted by atomic mass is 79.9. The molecule has 1 aliphatic carbocycles. The molecule has 22 heavy (non-hydrogen) atoms. The molecule has 0 atom stereocenters. The van der Waals surface area contributed by atoms with E-state index in [2.05, 4.69) is 24.0 Å². The van der Waals surface area contributed by atoms with Crippen LogP contribution >= 0.6 is 39.9 Å². The molecule has 1 aliphatic rings. The summed E-state index contributed by atoms with van der Waals surface area (Å²) >= 11 is 7.66. The quantitative estimate of drug-likeness (QED) is 0.413. The van der Waals surface area contributed by atoms with E-state index in [1.807, 2.05) is 30.3 Å². The van der Waals surface area contributed by atoms with Gasteiger partial charge in [0.25, 0.3) is 0 Å². The molecule has 5 heteroatoms. The lowest BCUT2D eigenvalue weighted by atomic mass is 10.1. The van der Waals surface area contributed by atoms with E-state index in [9.17, 15) is 0 Å². The normalized spacial score (nSPS) is 11.5. The van der Waals surface area contributed by atoms with Gasteiger partial charge in [-0.15, -0.1) is 28.3 Å². The Morgan fingerprint density at radius 1 is 1.09 bits per heavy atom. The molecule has 0 saturated heterocycles. The van der Waals surface area contributed by atoms with Crippen molar-refractivity contribution in [1.82, 2.24) is 4.98 Å². The van der Waals surface area contributed by atoms with Gasteiger partial charge in [0.1, 0.15) is 11.5 Å². The van der Waals surface area contributed by atoms with E-state index in [0.717, 1.165) is 28.6 Å². The fraction of sp³-hybridized carbons (Fsp3) is 0.118. The fourth-order valence-corrected chi connectivity index (χ4v) is 3.72. The highest BCUT2D eigenvalue weighted by Crippen LogP contribution is 2.41. The maximum absolute atomic E-state index is 5.88. The van der Waals surface area contributed by atoms with Gasteiger partial charge in [0.15, 0.2) is 0 Å². The van der Waals surface area contributed by atoms with Crippen LogP contribution in [-0.2, 0) is 6.42 Å². The Bertz CT molecular complexity index is 829. The van der Waals surface area contributed by atoms with Crippen LogP contribution < -0.4 is 4.74 Å². The molecule has 1 aromatic heterocycles. The third kappa shape index (κ3) is 2.78. The highest BCUT2D eigenvalue weighted by molar-refractivity contribution is 8.93. The summed E-state index contributed by atoms with van der Waals surface area (Å²) in [7, 11) is 0. The van der Waals surface area contributed by atoms with Crippen LogP contribution in [0.4, 0.5) is 0 Å². The van der Waals surface area contributed by atoms with Crippen LogP contribution in [-0.4, -0.2) is 4.98 Å². The molecular weight excluding hydrogens is 382 g/mol. The van der Waals surface area contributed by atoms with E-state index < -0.39 is 0 Å². The molecule has 0 bridgehead atoms. The molecule has 0 unspecified atom stereocenters. The summed E-state index contributed by atoms with van der Waals surface area (Å²) in [5.74, 6) is 1.64. The number of hydrogen-bond donors (Lipinski definition) is 0. The minimum Gasteiger partial charge on any atom is -0.457 e. The van der Waals surface area contributed by atoms with Crippen molar-refractivity contribution in [3.8, 4) is 22.8 Å². The van der Waals surface area contributed by atoms with Gasteiger partial charge in [-0.3, -0.25) is 0 Å². The van der Waals surface area contributed by atoms with Crippen molar-refractivity contribution < 1.29 is 4.74 Å². The van der Waals surface area contributed by atoms with E-state index in [1.165, 1.54) is 16.0 Å². The zero-order valence-corrected chi connectivity index (χ0v) is 15.1. The van der Waals surface area contributed by atoms with E-state index in [0.29, 0.717) is 5.02 Å². The van der Waals surface area contributed by atoms with Gasteiger partial charge in [-0.25, -0.2) is 4.98 Å². The Morgan fingerprint density at radius 2 is 1.82 bits per heavy atom. The van der Waals surface area contributed by atoms with Crippen molar-refractivity contribution in [2.75, 3.05) is 0 Å². The number of nitrogens with zero attached hydrogens (tertiary/aromatic N) is 1. The first-order chi connectivity index (χ1) is 10.2. The van der Waals surface area contributed by atoms with Crippen molar-refractivity contribution in [2.45, 2.75) is 13.3 Å². The largest absolute Gasteiger partial charge is 0.457 e. The number of aryl methyl sites for hydroxylation is 1. The summed E-state index contributed by atoms with van der Waals surface area (Å²) in [4.78, 5) is 5.97. The number of benzene rings is 2. The molecule has 3 aromatic rings. The summed E-state index contributed by atoms with van der Waals surface area (Å²) in [5, 5.41) is 1.84. The monoisotopic (exact) mass is 393 g/mol. The molecule has 2 aromatic carbocycles. The first kappa shape index (κ1) is 15.5. The zero-order valence-electron chi connectivity index (χ0n) is 11.8. The van der Waals surface area contributed by atoms with Crippen molar-refractivity contribution in [1.29, 1.82) is 0 Å². The predicted molar refractivity (Wildman–Crippen MR) is 96.9 cm³/mol. The van der Waals surface area contributed by atoms with Crippen LogP contribution in [0.15, 0.2) is 42.5 Å². The van der Waals surface area contributed by atoms with Gasteiger partial charge in [0, 0.05) is 21.9 Å². The second-order valence-electron chi connectivity index (χ2n) is 5.06. The predicted octanol–water partition coefficient (Wildman–Crippen LogP) is 6.05. The van der Waals surface area contributed by atoms with Crippen LogP contribution in [0.1, 0.15) is 15.4 Å². The van der Waals surface area contributed by atoms with Gasteiger partial charge >= 0.3 is 0 Å². The van der Waals surface area contributed by atoms with Crippen LogP contribution in [0.25, 0.3) is 11.3 Å². The average Bonchev–Trinajstić information content (AvgIpc) is 2.97. The Hall–Kier alpha value is -1.36. The van der Waals surface area contributed by atoms with Gasteiger partial charge in [-0.2, -0.15) is 0 Å². The molecule has 0 saturated carbocycles. The molecule has 4 rings (SSSR count). The second-order valence-corrected chi connectivity index (χ2v) is 6.78. The van der Waals surface area contributed by atoms with Gasteiger partial charge < -0.3 is 4.74 Å². The smallest absolute Gasteiger partial charge is 0.127 e. The Labute approximate surface area is 148 Å². The number of fused-ring (bicyclic) bond motifs is 3. The van der Waals surface area contributed by atoms with E-state index in [4.69, 9.17) is 16.3 Å². The van der Waals surface area contributed by atoms with E-state index in [1.54, 1.807) is 11.3 Å². The molecule has 112 valence electrons. The van der Waals surface area contributed by atoms with E-state index in [-0.39, 0.29) is 17.0 Å². The third-order valence-corrected chi connectivity index (χ3v) is 4.76. The number of rotatable bonds is 2. The van der Waals surface area contributed by atoms with Crippen molar-refractivity contribution in [2.24, 2.45) is 0 Å². The van der Waals surface area contributed by atoms with Gasteiger partial charge in [0.2, 0.25) is 0 Å². The summed E-state index contributed by atoms with van der Waals surface area (Å²) in [6, 6.07) is 13.6. The van der Waals surface area contributed by atoms with Gasteiger partial charge in [0.05, 0.1) is 10.7 Å². The minimum absolute atomic E-state index is 0. The molecule has 0 radical (unpaired) electrons. The maximum atomic E-state index is 5.88. The van der Waals surface area contributed by atoms with Crippen LogP contribution in [0.3, 0.4) is 0 Å². The summed E-state index contributed by atoms with van der Waals surface area (Å²) < 4.78 is 5.88. The molecule has 0 aliphatic heterocycles. The molecule has 0 spiro atoms. The number of aromatic nitrogens is 1. The fourth-order valence-electron chi connectivity index (χ4n) is 2.62. The lowest BCUT2D eigenvalue weighted by molar-refractivity contribution is 0.482. The van der Waals surface area contributed by atoms with Crippen molar-refractivity contribution in [3.63, 3.8) is 0 Å². The SMILES string of the molecule is Br.Cc1nc2c(s1)Cc1cc(Oc3ccc(Cl)cc3)ccc1-2. The number of thiazole rings is 1. The van der Waals surface area contributed by atoms with Crippen molar-refractivity contribution in [3.05, 3.63) is 62.9 Å². The van der Waals surface area contributed by atoms with Gasteiger partial charge in [-0.05, 0) is 55.0 Å².